The first-order valence-electron chi connectivity index (χ1n) is 5.52. The van der Waals surface area contributed by atoms with E-state index in [-0.39, 0.29) is 5.78 Å². The molecule has 88 valence electrons. The van der Waals surface area contributed by atoms with Crippen LogP contribution in [0, 0.1) is 0 Å². The number of carbonyl (C=O) groups excluding carboxylic acids is 1. The minimum Gasteiger partial charge on any atom is -0.383 e. The fourth-order valence-corrected chi connectivity index (χ4v) is 2.91. The first-order valence-corrected chi connectivity index (χ1v) is 6.32. The molecule has 1 aliphatic rings. The number of ketones is 1. The van der Waals surface area contributed by atoms with Gasteiger partial charge in [0.1, 0.15) is 11.4 Å². The number of aromatic nitrogens is 2. The largest absolute Gasteiger partial charge is 0.383 e. The first kappa shape index (κ1) is 11.8. The molecule has 0 amide bonds. The summed E-state index contributed by atoms with van der Waals surface area (Å²) < 4.78 is 2.62. The molecule has 0 spiro atoms. The summed E-state index contributed by atoms with van der Waals surface area (Å²) in [5.74, 6) is 0.239. The standard InChI is InChI=1S/C11H15BrN2O2/c1-2-14-10(9(12)7-13-14)11(16)5-3-8(15)4-6-11/h7,16H,2-6H2,1H3. The lowest BCUT2D eigenvalue weighted by molar-refractivity contribution is -0.126. The van der Waals surface area contributed by atoms with E-state index in [0.717, 1.165) is 16.7 Å². The van der Waals surface area contributed by atoms with Gasteiger partial charge in [-0.2, -0.15) is 5.10 Å². The van der Waals surface area contributed by atoms with Crippen LogP contribution in [-0.2, 0) is 16.9 Å². The summed E-state index contributed by atoms with van der Waals surface area (Å²) in [5, 5.41) is 14.8. The average molecular weight is 287 g/mol. The normalized spacial score (nSPS) is 20.1. The van der Waals surface area contributed by atoms with Crippen LogP contribution in [0.3, 0.4) is 0 Å². The highest BCUT2D eigenvalue weighted by molar-refractivity contribution is 9.10. The molecule has 1 heterocycles. The van der Waals surface area contributed by atoms with Gasteiger partial charge in [-0.1, -0.05) is 0 Å². The Bertz CT molecular complexity index is 404. The smallest absolute Gasteiger partial charge is 0.133 e. The zero-order valence-electron chi connectivity index (χ0n) is 9.24. The second kappa shape index (κ2) is 4.30. The Kier molecular flexibility index (Phi) is 3.17. The van der Waals surface area contributed by atoms with Crippen molar-refractivity contribution in [1.82, 2.24) is 9.78 Å². The molecule has 1 saturated carbocycles. The van der Waals surface area contributed by atoms with E-state index in [1.165, 1.54) is 0 Å². The van der Waals surface area contributed by atoms with Gasteiger partial charge in [0.2, 0.25) is 0 Å². The fraction of sp³-hybridized carbons (Fsp3) is 0.636. The molecule has 1 aromatic rings. The summed E-state index contributed by atoms with van der Waals surface area (Å²) in [4.78, 5) is 11.2. The van der Waals surface area contributed by atoms with Gasteiger partial charge >= 0.3 is 0 Å². The van der Waals surface area contributed by atoms with Crippen LogP contribution in [0.15, 0.2) is 10.7 Å². The highest BCUT2D eigenvalue weighted by Crippen LogP contribution is 2.39. The molecular formula is C11H15BrN2O2. The van der Waals surface area contributed by atoms with E-state index in [0.29, 0.717) is 25.7 Å². The highest BCUT2D eigenvalue weighted by Gasteiger charge is 2.38. The van der Waals surface area contributed by atoms with Crippen molar-refractivity contribution in [2.45, 2.75) is 44.8 Å². The molecule has 1 fully saturated rings. The van der Waals surface area contributed by atoms with Gasteiger partial charge < -0.3 is 5.11 Å². The van der Waals surface area contributed by atoms with Crippen molar-refractivity contribution in [3.8, 4) is 0 Å². The van der Waals surface area contributed by atoms with Crippen LogP contribution in [0.1, 0.15) is 38.3 Å². The molecule has 0 bridgehead atoms. The van der Waals surface area contributed by atoms with Crippen LogP contribution in [0.2, 0.25) is 0 Å². The van der Waals surface area contributed by atoms with Gasteiger partial charge in [0, 0.05) is 19.4 Å². The maximum absolute atomic E-state index is 11.2. The first-order chi connectivity index (χ1) is 7.57. The van der Waals surface area contributed by atoms with E-state index >= 15 is 0 Å². The molecule has 0 aromatic carbocycles. The van der Waals surface area contributed by atoms with Gasteiger partial charge in [-0.15, -0.1) is 0 Å². The van der Waals surface area contributed by atoms with Gasteiger partial charge in [-0.05, 0) is 35.7 Å². The minimum absolute atomic E-state index is 0.239. The SMILES string of the molecule is CCn1ncc(Br)c1C1(O)CCC(=O)CC1. The number of aliphatic hydroxyl groups is 1. The van der Waals surface area contributed by atoms with Gasteiger partial charge in [0.05, 0.1) is 16.4 Å². The van der Waals surface area contributed by atoms with Crippen LogP contribution in [0.25, 0.3) is 0 Å². The number of hydrogen-bond donors (Lipinski definition) is 1. The molecule has 4 nitrogen and oxygen atoms in total. The topological polar surface area (TPSA) is 55.1 Å². The predicted octanol–water partition coefficient (Wildman–Crippen LogP) is 2.00. The molecule has 16 heavy (non-hydrogen) atoms. The zero-order valence-corrected chi connectivity index (χ0v) is 10.8. The third kappa shape index (κ3) is 1.94. The van der Waals surface area contributed by atoms with Crippen LogP contribution in [0.5, 0.6) is 0 Å². The second-order valence-corrected chi connectivity index (χ2v) is 5.08. The van der Waals surface area contributed by atoms with Crippen molar-refractivity contribution < 1.29 is 9.90 Å². The zero-order chi connectivity index (χ0) is 11.8. The summed E-state index contributed by atoms with van der Waals surface area (Å²) in [6.07, 6.45) is 3.61. The lowest BCUT2D eigenvalue weighted by atomic mass is 9.82. The number of aryl methyl sites for hydroxylation is 1. The summed E-state index contributed by atoms with van der Waals surface area (Å²) in [6, 6.07) is 0. The molecule has 0 atom stereocenters. The van der Waals surface area contributed by atoms with Crippen LogP contribution in [-0.4, -0.2) is 20.7 Å². The van der Waals surface area contributed by atoms with Crippen LogP contribution < -0.4 is 0 Å². The maximum atomic E-state index is 11.2. The van der Waals surface area contributed by atoms with E-state index in [4.69, 9.17) is 0 Å². The van der Waals surface area contributed by atoms with Crippen molar-refractivity contribution >= 4 is 21.7 Å². The quantitative estimate of drug-likeness (QED) is 0.905. The van der Waals surface area contributed by atoms with Crippen molar-refractivity contribution in [1.29, 1.82) is 0 Å². The van der Waals surface area contributed by atoms with Crippen molar-refractivity contribution in [2.75, 3.05) is 0 Å². The van der Waals surface area contributed by atoms with Gasteiger partial charge in [0.25, 0.3) is 0 Å². The number of Topliss-reactive ketones (excluding diaryl/α,β-unsaturated/α-hetero) is 1. The van der Waals surface area contributed by atoms with Crippen molar-refractivity contribution in [2.24, 2.45) is 0 Å². The molecule has 0 aliphatic heterocycles. The van der Waals surface area contributed by atoms with E-state index in [9.17, 15) is 9.90 Å². The molecule has 5 heteroatoms. The number of halogens is 1. The molecule has 0 saturated heterocycles. The summed E-state index contributed by atoms with van der Waals surface area (Å²) >= 11 is 3.42. The minimum atomic E-state index is -0.904. The van der Waals surface area contributed by atoms with Gasteiger partial charge in [-0.3, -0.25) is 9.48 Å². The highest BCUT2D eigenvalue weighted by atomic mass is 79.9. The lowest BCUT2D eigenvalue weighted by Gasteiger charge is -2.32. The van der Waals surface area contributed by atoms with Gasteiger partial charge in [0.15, 0.2) is 0 Å². The Labute approximate surface area is 103 Å². The summed E-state index contributed by atoms with van der Waals surface area (Å²) in [7, 11) is 0. The number of carbonyl (C=O) groups is 1. The maximum Gasteiger partial charge on any atom is 0.133 e. The fourth-order valence-electron chi connectivity index (χ4n) is 2.24. The molecule has 0 unspecified atom stereocenters. The summed E-state index contributed by atoms with van der Waals surface area (Å²) in [5.41, 5.74) is -0.0956. The molecule has 1 aromatic heterocycles. The Morgan fingerprint density at radius 2 is 2.19 bits per heavy atom. The molecular weight excluding hydrogens is 272 g/mol. The Hall–Kier alpha value is -0.680. The molecule has 2 rings (SSSR count). The van der Waals surface area contributed by atoms with E-state index in [1.54, 1.807) is 10.9 Å². The lowest BCUT2D eigenvalue weighted by Crippen LogP contribution is -2.34. The van der Waals surface area contributed by atoms with E-state index in [2.05, 4.69) is 21.0 Å². The van der Waals surface area contributed by atoms with Crippen molar-refractivity contribution in [3.63, 3.8) is 0 Å². The monoisotopic (exact) mass is 286 g/mol. The Balaban J connectivity index is 2.35. The van der Waals surface area contributed by atoms with E-state index in [1.807, 2.05) is 6.92 Å². The van der Waals surface area contributed by atoms with Crippen LogP contribution >= 0.6 is 15.9 Å². The third-order valence-electron chi connectivity index (χ3n) is 3.17. The average Bonchev–Trinajstić information content (AvgIpc) is 2.65. The summed E-state index contributed by atoms with van der Waals surface area (Å²) in [6.45, 7) is 2.71. The van der Waals surface area contributed by atoms with Crippen molar-refractivity contribution in [3.05, 3.63) is 16.4 Å². The van der Waals surface area contributed by atoms with Gasteiger partial charge in [-0.25, -0.2) is 0 Å². The van der Waals surface area contributed by atoms with E-state index < -0.39 is 5.60 Å². The Morgan fingerprint density at radius 3 is 2.75 bits per heavy atom. The number of nitrogens with zero attached hydrogens (tertiary/aromatic N) is 2. The predicted molar refractivity (Wildman–Crippen MR) is 63.0 cm³/mol. The number of hydrogen-bond acceptors (Lipinski definition) is 3. The molecule has 0 radical (unpaired) electrons. The molecule has 1 aliphatic carbocycles. The third-order valence-corrected chi connectivity index (χ3v) is 3.75. The Morgan fingerprint density at radius 1 is 1.56 bits per heavy atom. The molecule has 1 N–H and O–H groups in total. The van der Waals surface area contributed by atoms with Crippen LogP contribution in [0.4, 0.5) is 0 Å². The number of rotatable bonds is 2. The second-order valence-electron chi connectivity index (χ2n) is 4.23.